The van der Waals surface area contributed by atoms with Crippen LogP contribution in [0.15, 0.2) is 60.7 Å². The zero-order valence-corrected chi connectivity index (χ0v) is 12.3. The minimum atomic E-state index is -0.0756. The van der Waals surface area contributed by atoms with Gasteiger partial charge < -0.3 is 9.80 Å². The van der Waals surface area contributed by atoms with Crippen molar-refractivity contribution < 1.29 is 9.59 Å². The first kappa shape index (κ1) is 14.3. The van der Waals surface area contributed by atoms with Crippen LogP contribution < -0.4 is 0 Å². The molecule has 1 fully saturated rings. The summed E-state index contributed by atoms with van der Waals surface area (Å²) in [4.78, 5) is 28.1. The Bertz CT molecular complexity index is 655. The van der Waals surface area contributed by atoms with Crippen LogP contribution in [-0.2, 0) is 11.3 Å². The highest BCUT2D eigenvalue weighted by atomic mass is 16.2. The van der Waals surface area contributed by atoms with Crippen molar-refractivity contribution in [1.29, 1.82) is 0 Å². The Labute approximate surface area is 130 Å². The predicted molar refractivity (Wildman–Crippen MR) is 84.2 cm³/mol. The number of nitrogens with zero attached hydrogens (tertiary/aromatic N) is 2. The van der Waals surface area contributed by atoms with Crippen molar-refractivity contribution in [1.82, 2.24) is 9.80 Å². The summed E-state index contributed by atoms with van der Waals surface area (Å²) in [7, 11) is 0. The molecule has 22 heavy (non-hydrogen) atoms. The van der Waals surface area contributed by atoms with E-state index in [0.717, 1.165) is 5.56 Å². The van der Waals surface area contributed by atoms with Gasteiger partial charge in [-0.05, 0) is 17.7 Å². The van der Waals surface area contributed by atoms with Crippen LogP contribution >= 0.6 is 0 Å². The van der Waals surface area contributed by atoms with E-state index in [1.54, 1.807) is 17.0 Å². The molecule has 0 aliphatic carbocycles. The predicted octanol–water partition coefficient (Wildman–Crippen LogP) is 2.17. The van der Waals surface area contributed by atoms with Crippen LogP contribution in [0.25, 0.3) is 0 Å². The summed E-state index contributed by atoms with van der Waals surface area (Å²) < 4.78 is 0. The third kappa shape index (κ3) is 3.17. The van der Waals surface area contributed by atoms with Crippen molar-refractivity contribution in [2.45, 2.75) is 6.54 Å². The van der Waals surface area contributed by atoms with Gasteiger partial charge in [0.2, 0.25) is 5.91 Å². The highest BCUT2D eigenvalue weighted by Gasteiger charge is 2.27. The number of rotatable bonds is 3. The van der Waals surface area contributed by atoms with Gasteiger partial charge in [-0.15, -0.1) is 0 Å². The van der Waals surface area contributed by atoms with Gasteiger partial charge in [0.05, 0.1) is 0 Å². The lowest BCUT2D eigenvalue weighted by atomic mass is 10.1. The molecule has 4 heteroatoms. The second kappa shape index (κ2) is 6.43. The molecule has 0 atom stereocenters. The van der Waals surface area contributed by atoms with Crippen molar-refractivity contribution in [3.05, 3.63) is 71.8 Å². The first-order valence-electron chi connectivity index (χ1n) is 7.40. The minimum absolute atomic E-state index is 0.000570. The van der Waals surface area contributed by atoms with Crippen LogP contribution in [0.4, 0.5) is 0 Å². The van der Waals surface area contributed by atoms with Gasteiger partial charge >= 0.3 is 0 Å². The maximum absolute atomic E-state index is 12.4. The molecule has 0 saturated carbocycles. The molecule has 2 amide bonds. The van der Waals surface area contributed by atoms with Crippen LogP contribution in [0.1, 0.15) is 15.9 Å². The van der Waals surface area contributed by atoms with E-state index in [1.165, 1.54) is 0 Å². The molecule has 0 aromatic heterocycles. The average molecular weight is 294 g/mol. The Hall–Kier alpha value is -2.62. The second-order valence-electron chi connectivity index (χ2n) is 5.39. The summed E-state index contributed by atoms with van der Waals surface area (Å²) in [6.07, 6.45) is 0. The maximum Gasteiger partial charge on any atom is 0.254 e. The molecule has 112 valence electrons. The lowest BCUT2D eigenvalue weighted by molar-refractivity contribution is -0.135. The Morgan fingerprint density at radius 2 is 1.55 bits per heavy atom. The highest BCUT2D eigenvalue weighted by molar-refractivity contribution is 5.97. The van der Waals surface area contributed by atoms with E-state index >= 15 is 0 Å². The van der Waals surface area contributed by atoms with Gasteiger partial charge in [0.25, 0.3) is 5.91 Å². The van der Waals surface area contributed by atoms with E-state index in [4.69, 9.17) is 0 Å². The van der Waals surface area contributed by atoms with Gasteiger partial charge in [0, 0.05) is 25.2 Å². The topological polar surface area (TPSA) is 40.6 Å². The van der Waals surface area contributed by atoms with Crippen molar-refractivity contribution in [3.8, 4) is 0 Å². The van der Waals surface area contributed by atoms with E-state index in [-0.39, 0.29) is 18.4 Å². The van der Waals surface area contributed by atoms with Crippen molar-refractivity contribution in [2.24, 2.45) is 0 Å². The summed E-state index contributed by atoms with van der Waals surface area (Å²) in [5.74, 6) is -0.0762. The summed E-state index contributed by atoms with van der Waals surface area (Å²) in [5.41, 5.74) is 1.74. The molecule has 0 spiro atoms. The highest BCUT2D eigenvalue weighted by Crippen LogP contribution is 2.12. The van der Waals surface area contributed by atoms with Gasteiger partial charge in [-0.2, -0.15) is 0 Å². The molecule has 1 aliphatic rings. The van der Waals surface area contributed by atoms with Crippen LogP contribution in [0.5, 0.6) is 0 Å². The zero-order valence-electron chi connectivity index (χ0n) is 12.3. The summed E-state index contributed by atoms with van der Waals surface area (Å²) >= 11 is 0. The SMILES string of the molecule is O=C1CN(C(=O)c2ccccc2)CCN1Cc1ccccc1. The minimum Gasteiger partial charge on any atom is -0.335 e. The van der Waals surface area contributed by atoms with E-state index in [2.05, 4.69) is 0 Å². The Kier molecular flexibility index (Phi) is 4.19. The van der Waals surface area contributed by atoms with Gasteiger partial charge in [-0.1, -0.05) is 48.5 Å². The second-order valence-corrected chi connectivity index (χ2v) is 5.39. The van der Waals surface area contributed by atoms with Gasteiger partial charge in [0.15, 0.2) is 0 Å². The van der Waals surface area contributed by atoms with Crippen molar-refractivity contribution >= 4 is 11.8 Å². The molecule has 0 N–H and O–H groups in total. The van der Waals surface area contributed by atoms with E-state index in [0.29, 0.717) is 25.2 Å². The number of piperazine rings is 1. The van der Waals surface area contributed by atoms with Crippen LogP contribution in [0, 0.1) is 0 Å². The van der Waals surface area contributed by atoms with Gasteiger partial charge in [-0.25, -0.2) is 0 Å². The first-order chi connectivity index (χ1) is 10.7. The molecule has 0 radical (unpaired) electrons. The third-order valence-electron chi connectivity index (χ3n) is 3.84. The number of carbonyl (C=O) groups is 2. The normalized spacial score (nSPS) is 15.0. The fourth-order valence-electron chi connectivity index (χ4n) is 2.62. The molecule has 2 aromatic carbocycles. The van der Waals surface area contributed by atoms with E-state index in [9.17, 15) is 9.59 Å². The molecule has 1 heterocycles. The fraction of sp³-hybridized carbons (Fsp3) is 0.222. The summed E-state index contributed by atoms with van der Waals surface area (Å²) in [5, 5.41) is 0. The first-order valence-corrected chi connectivity index (χ1v) is 7.40. The lowest BCUT2D eigenvalue weighted by Gasteiger charge is -2.34. The van der Waals surface area contributed by atoms with E-state index in [1.807, 2.05) is 53.4 Å². The molecule has 4 nitrogen and oxygen atoms in total. The maximum atomic E-state index is 12.4. The standard InChI is InChI=1S/C18H18N2O2/c21-17-14-20(18(22)16-9-5-2-6-10-16)12-11-19(17)13-15-7-3-1-4-8-15/h1-10H,11-14H2. The largest absolute Gasteiger partial charge is 0.335 e. The average Bonchev–Trinajstić information content (AvgIpc) is 2.58. The number of carbonyl (C=O) groups excluding carboxylic acids is 2. The molecular formula is C18H18N2O2. The number of benzene rings is 2. The number of amides is 2. The molecule has 3 rings (SSSR count). The molecule has 0 bridgehead atoms. The number of hydrogen-bond donors (Lipinski definition) is 0. The zero-order chi connectivity index (χ0) is 15.4. The van der Waals surface area contributed by atoms with Crippen LogP contribution in [0.2, 0.25) is 0 Å². The molecular weight excluding hydrogens is 276 g/mol. The van der Waals surface area contributed by atoms with E-state index < -0.39 is 0 Å². The number of hydrogen-bond acceptors (Lipinski definition) is 2. The lowest BCUT2D eigenvalue weighted by Crippen LogP contribution is -2.51. The van der Waals surface area contributed by atoms with Gasteiger partial charge in [-0.3, -0.25) is 9.59 Å². The Balaban J connectivity index is 1.63. The Morgan fingerprint density at radius 1 is 0.909 bits per heavy atom. The van der Waals surface area contributed by atoms with Crippen LogP contribution in [-0.4, -0.2) is 41.2 Å². The third-order valence-corrected chi connectivity index (χ3v) is 3.84. The van der Waals surface area contributed by atoms with Gasteiger partial charge in [0.1, 0.15) is 6.54 Å². The summed E-state index contributed by atoms with van der Waals surface area (Å²) in [6, 6.07) is 19.0. The monoisotopic (exact) mass is 294 g/mol. The van der Waals surface area contributed by atoms with Crippen molar-refractivity contribution in [2.75, 3.05) is 19.6 Å². The smallest absolute Gasteiger partial charge is 0.254 e. The molecule has 2 aromatic rings. The van der Waals surface area contributed by atoms with Crippen LogP contribution in [0.3, 0.4) is 0 Å². The fourth-order valence-corrected chi connectivity index (χ4v) is 2.62. The molecule has 0 unspecified atom stereocenters. The molecule has 1 saturated heterocycles. The Morgan fingerprint density at radius 3 is 2.18 bits per heavy atom. The quantitative estimate of drug-likeness (QED) is 0.870. The van der Waals surface area contributed by atoms with Crippen molar-refractivity contribution in [3.63, 3.8) is 0 Å². The summed E-state index contributed by atoms with van der Waals surface area (Å²) in [6.45, 7) is 1.91. The molecule has 1 aliphatic heterocycles.